The minimum atomic E-state index is -6.13. The van der Waals surface area contributed by atoms with Gasteiger partial charge in [-0.3, -0.25) is 4.79 Å². The van der Waals surface area contributed by atoms with Crippen LogP contribution in [0.1, 0.15) is 51.4 Å². The van der Waals surface area contributed by atoms with E-state index in [1.807, 2.05) is 6.07 Å². The summed E-state index contributed by atoms with van der Waals surface area (Å²) in [6, 6.07) is -3.45. The molecular formula is C46H28BF24NO5. The van der Waals surface area contributed by atoms with E-state index in [0.717, 1.165) is 14.2 Å². The van der Waals surface area contributed by atoms with Gasteiger partial charge in [-0.05, 0) is 31.2 Å². The largest absolute Gasteiger partial charge is 0.465 e. The molecule has 0 radical (unpaired) electrons. The van der Waals surface area contributed by atoms with E-state index in [-0.39, 0.29) is 17.7 Å². The van der Waals surface area contributed by atoms with Crippen LogP contribution in [-0.2, 0) is 79.8 Å². The third-order valence-corrected chi connectivity index (χ3v) is 11.1. The van der Waals surface area contributed by atoms with Crippen molar-refractivity contribution in [2.24, 2.45) is 0 Å². The molecule has 0 aliphatic heterocycles. The minimum absolute atomic E-state index is 0.0416. The number of ketones is 1. The summed E-state index contributed by atoms with van der Waals surface area (Å²) in [5.74, 6) is -2.18. The van der Waals surface area contributed by atoms with Crippen molar-refractivity contribution in [2.75, 3.05) is 14.2 Å². The van der Waals surface area contributed by atoms with Gasteiger partial charge in [-0.25, -0.2) is 14.2 Å². The molecule has 0 unspecified atom stereocenters. The highest BCUT2D eigenvalue weighted by molar-refractivity contribution is 7.20. The molecule has 1 heterocycles. The van der Waals surface area contributed by atoms with Crippen molar-refractivity contribution in [3.8, 4) is 0 Å². The first-order chi connectivity index (χ1) is 34.8. The molecule has 0 atom stereocenters. The van der Waals surface area contributed by atoms with E-state index < -0.39 is 212 Å². The Morgan fingerprint density at radius 1 is 0.377 bits per heavy atom. The second kappa shape index (κ2) is 21.7. The van der Waals surface area contributed by atoms with Crippen LogP contribution in [0.2, 0.25) is 0 Å². The second-order valence-electron chi connectivity index (χ2n) is 16.2. The van der Waals surface area contributed by atoms with Gasteiger partial charge < -0.3 is 9.47 Å². The number of halogens is 24. The van der Waals surface area contributed by atoms with Crippen LogP contribution in [0.4, 0.5) is 105 Å². The maximum absolute atomic E-state index is 14.2. The molecule has 4 aromatic carbocycles. The number of benzene rings is 4. The average Bonchev–Trinajstić information content (AvgIpc) is 3.29. The van der Waals surface area contributed by atoms with Crippen LogP contribution in [-0.4, -0.2) is 38.1 Å². The molecule has 0 bridgehead atoms. The van der Waals surface area contributed by atoms with Crippen molar-refractivity contribution in [3.63, 3.8) is 0 Å². The fourth-order valence-electron chi connectivity index (χ4n) is 7.69. The lowest BCUT2D eigenvalue weighted by Gasteiger charge is -2.46. The summed E-state index contributed by atoms with van der Waals surface area (Å²) in [6.45, 7) is 1.36. The van der Waals surface area contributed by atoms with E-state index in [1.54, 1.807) is 29.1 Å². The Bertz CT molecular complexity index is 2580. The molecule has 0 aliphatic rings. The molecule has 0 aliphatic carbocycles. The SMILES string of the molecule is COC(=O)C(C(=O)OC)=C(C[n+]1ccccc1)C(C)=O.FC(F)(F)c1cc([B-](c2cc(C(F)(F)F)cc(C(F)(F)F)c2)(c2cc(C(F)(F)F)cc(C(F)(F)F)c2)c2cc(C(F)(F)F)cc(C(F)(F)F)c2)cc(C(F)(F)F)c1. The molecular weight excluding hydrogens is 1110 g/mol. The topological polar surface area (TPSA) is 73.6 Å². The number of esters is 2. The average molecular weight is 1140 g/mol. The van der Waals surface area contributed by atoms with Gasteiger partial charge in [0.15, 0.2) is 30.3 Å². The zero-order valence-electron chi connectivity index (χ0n) is 38.2. The third-order valence-electron chi connectivity index (χ3n) is 11.1. The molecule has 418 valence electrons. The van der Waals surface area contributed by atoms with Gasteiger partial charge in [0.1, 0.15) is 6.15 Å². The van der Waals surface area contributed by atoms with E-state index in [1.165, 1.54) is 6.92 Å². The highest BCUT2D eigenvalue weighted by Gasteiger charge is 2.47. The molecule has 5 rings (SSSR count). The fraction of sp³-hybridized carbons (Fsp3) is 0.261. The summed E-state index contributed by atoms with van der Waals surface area (Å²) in [6.07, 6.45) is -51.4. The Morgan fingerprint density at radius 2 is 0.584 bits per heavy atom. The smallest absolute Gasteiger partial charge is 0.416 e. The van der Waals surface area contributed by atoms with Crippen molar-refractivity contribution in [3.05, 3.63) is 159 Å². The monoisotopic (exact) mass is 1140 g/mol. The molecule has 0 N–H and O–H groups in total. The number of Topliss-reactive ketones (excluding diaryl/α,β-unsaturated/α-hetero) is 1. The number of hydrogen-bond donors (Lipinski definition) is 0. The number of hydrogen-bond acceptors (Lipinski definition) is 5. The van der Waals surface area contributed by atoms with Gasteiger partial charge >= 0.3 is 61.3 Å². The van der Waals surface area contributed by atoms with Gasteiger partial charge in [-0.1, -0.05) is 54.6 Å². The van der Waals surface area contributed by atoms with Crippen molar-refractivity contribution in [1.29, 1.82) is 0 Å². The van der Waals surface area contributed by atoms with Crippen LogP contribution in [0, 0.1) is 0 Å². The van der Waals surface area contributed by atoms with Gasteiger partial charge in [0.05, 0.1) is 64.3 Å². The number of nitrogens with zero attached hydrogens (tertiary/aromatic N) is 1. The first-order valence-corrected chi connectivity index (χ1v) is 20.5. The van der Waals surface area contributed by atoms with Crippen molar-refractivity contribution in [1.82, 2.24) is 0 Å². The van der Waals surface area contributed by atoms with Gasteiger partial charge in [-0.2, -0.15) is 127 Å². The molecule has 5 aromatic rings. The fourth-order valence-corrected chi connectivity index (χ4v) is 7.69. The minimum Gasteiger partial charge on any atom is -0.465 e. The Hall–Kier alpha value is -7.24. The number of allylic oxidation sites excluding steroid dienone is 1. The molecule has 0 amide bonds. The van der Waals surface area contributed by atoms with E-state index in [2.05, 4.69) is 9.47 Å². The van der Waals surface area contributed by atoms with Crippen LogP contribution in [0.5, 0.6) is 0 Å². The predicted octanol–water partition coefficient (Wildman–Crippen LogP) is 11.4. The van der Waals surface area contributed by atoms with Gasteiger partial charge in [-0.15, -0.1) is 0 Å². The molecule has 0 saturated heterocycles. The normalized spacial score (nSPS) is 13.1. The molecule has 0 spiro atoms. The standard InChI is InChI=1S/C32H12BF24.C14H16NO5/c34-25(35,36)13-1-14(26(37,38)39)6-21(5-13)33(22-7-15(27(40,41)42)2-16(8-22)28(43,44)45,23-9-17(29(46,47)48)3-18(10-23)30(49,50)51)24-11-19(31(52,53)54)4-20(12-24)32(55,56)57;1-10(16)11(9-15-7-5-4-6-8-15)12(13(17)19-2)14(18)20-3/h1-12H;4-8H,9H2,1-3H3/q-1;+1. The van der Waals surface area contributed by atoms with E-state index in [0.29, 0.717) is 0 Å². The van der Waals surface area contributed by atoms with Crippen molar-refractivity contribution in [2.45, 2.75) is 62.9 Å². The quantitative estimate of drug-likeness (QED) is 0.0280. The highest BCUT2D eigenvalue weighted by Crippen LogP contribution is 2.41. The zero-order chi connectivity index (χ0) is 59.0. The highest BCUT2D eigenvalue weighted by atomic mass is 19.4. The van der Waals surface area contributed by atoms with Crippen LogP contribution >= 0.6 is 0 Å². The predicted molar refractivity (Wildman–Crippen MR) is 218 cm³/mol. The molecule has 31 heteroatoms. The number of pyridine rings is 1. The summed E-state index contributed by atoms with van der Waals surface area (Å²) in [5, 5.41) is 0. The van der Waals surface area contributed by atoms with E-state index >= 15 is 0 Å². The third kappa shape index (κ3) is 14.6. The van der Waals surface area contributed by atoms with Gasteiger partial charge in [0.2, 0.25) is 0 Å². The number of rotatable bonds is 9. The molecule has 77 heavy (non-hydrogen) atoms. The van der Waals surface area contributed by atoms with Crippen LogP contribution < -0.4 is 26.4 Å². The molecule has 0 saturated carbocycles. The maximum atomic E-state index is 14.2. The Balaban J connectivity index is 0.000000536. The van der Waals surface area contributed by atoms with Crippen LogP contribution in [0.15, 0.2) is 115 Å². The Kier molecular flexibility index (Phi) is 17.5. The number of ether oxygens (including phenoxy) is 2. The number of carbonyl (C=O) groups excluding carboxylic acids is 3. The van der Waals surface area contributed by atoms with Crippen molar-refractivity contribution >= 4 is 45.7 Å². The van der Waals surface area contributed by atoms with Crippen LogP contribution in [0.3, 0.4) is 0 Å². The van der Waals surface area contributed by atoms with Crippen molar-refractivity contribution < 1.29 is 134 Å². The maximum Gasteiger partial charge on any atom is 0.416 e. The van der Waals surface area contributed by atoms with Gasteiger partial charge in [0, 0.05) is 12.1 Å². The number of carbonyl (C=O) groups is 3. The summed E-state index contributed by atoms with van der Waals surface area (Å²) in [4.78, 5) is 35.2. The first-order valence-electron chi connectivity index (χ1n) is 20.5. The second-order valence-corrected chi connectivity index (χ2v) is 16.2. The van der Waals surface area contributed by atoms with Crippen LogP contribution in [0.25, 0.3) is 0 Å². The number of alkyl halides is 24. The summed E-state index contributed by atoms with van der Waals surface area (Å²) < 4.78 is 352. The lowest BCUT2D eigenvalue weighted by molar-refractivity contribution is -0.688. The van der Waals surface area contributed by atoms with Gasteiger partial charge in [0.25, 0.3) is 0 Å². The lowest BCUT2D eigenvalue weighted by Crippen LogP contribution is -2.75. The number of aromatic nitrogens is 1. The zero-order valence-corrected chi connectivity index (χ0v) is 38.2. The number of methoxy groups -OCH3 is 2. The van der Waals surface area contributed by atoms with E-state index in [9.17, 15) is 120 Å². The molecule has 1 aromatic heterocycles. The molecule has 6 nitrogen and oxygen atoms in total. The summed E-state index contributed by atoms with van der Waals surface area (Å²) in [5.41, 5.74) is -30.5. The van der Waals surface area contributed by atoms with E-state index in [4.69, 9.17) is 0 Å². The summed E-state index contributed by atoms with van der Waals surface area (Å²) in [7, 11) is 2.28. The molecule has 0 fully saturated rings. The lowest BCUT2D eigenvalue weighted by atomic mass is 9.12. The Labute approximate surface area is 415 Å². The Morgan fingerprint density at radius 3 is 0.753 bits per heavy atom. The first kappa shape index (κ1) is 62.3. The summed E-state index contributed by atoms with van der Waals surface area (Å²) >= 11 is 0.